The molecule has 0 bridgehead atoms. The van der Waals surface area contributed by atoms with Gasteiger partial charge in [0.05, 0.1) is 36.0 Å². The van der Waals surface area contributed by atoms with Crippen LogP contribution in [0.4, 0.5) is 5.69 Å². The number of carboxylic acid groups (broad SMARTS) is 1. The number of anilines is 1. The van der Waals surface area contributed by atoms with E-state index in [4.69, 9.17) is 10.8 Å². The maximum Gasteiger partial charge on any atom is 0.337 e. The smallest absolute Gasteiger partial charge is 0.337 e. The maximum atomic E-state index is 10.9. The molecule has 0 fully saturated rings. The number of hydrogen-bond donors (Lipinski definition) is 2. The number of nitrogens with zero attached hydrogens (tertiary/aromatic N) is 1. The molecule has 0 aliphatic carbocycles. The highest BCUT2D eigenvalue weighted by molar-refractivity contribution is 7.99. The Morgan fingerprint density at radius 2 is 2.29 bits per heavy atom. The Hall–Kier alpha value is -1.76. The zero-order chi connectivity index (χ0) is 12.8. The fourth-order valence-corrected chi connectivity index (χ4v) is 1.86. The molecule has 0 aromatic carbocycles. The van der Waals surface area contributed by atoms with E-state index in [1.807, 2.05) is 0 Å². The molecule has 1 rings (SSSR count). The van der Waals surface area contributed by atoms with E-state index in [1.54, 1.807) is 0 Å². The zero-order valence-electron chi connectivity index (χ0n) is 9.17. The second-order valence-electron chi connectivity index (χ2n) is 3.09. The molecule has 0 atom stereocenters. The number of rotatable bonds is 5. The van der Waals surface area contributed by atoms with Crippen LogP contribution in [0.3, 0.4) is 0 Å². The minimum atomic E-state index is -1.10. The van der Waals surface area contributed by atoms with Gasteiger partial charge in [-0.25, -0.2) is 9.78 Å². The lowest BCUT2D eigenvalue weighted by Gasteiger charge is -2.03. The average molecular weight is 256 g/mol. The number of methoxy groups -OCH3 is 1. The molecule has 0 saturated heterocycles. The van der Waals surface area contributed by atoms with Crippen LogP contribution < -0.4 is 5.73 Å². The summed E-state index contributed by atoms with van der Waals surface area (Å²) in [5.41, 5.74) is 5.60. The Balaban J connectivity index is 2.63. The minimum absolute atomic E-state index is 0.0144. The summed E-state index contributed by atoms with van der Waals surface area (Å²) in [5, 5.41) is 9.37. The second-order valence-corrected chi connectivity index (χ2v) is 4.20. The number of carboxylic acids is 1. The molecule has 1 aromatic rings. The molecule has 0 amide bonds. The van der Waals surface area contributed by atoms with Crippen molar-refractivity contribution in [2.24, 2.45) is 0 Å². The number of aromatic nitrogens is 1. The van der Waals surface area contributed by atoms with Crippen LogP contribution in [-0.2, 0) is 9.53 Å². The molecule has 0 radical (unpaired) electrons. The van der Waals surface area contributed by atoms with E-state index in [9.17, 15) is 9.59 Å². The number of pyridine rings is 1. The predicted molar refractivity (Wildman–Crippen MR) is 63.0 cm³/mol. The third-order valence-electron chi connectivity index (χ3n) is 1.92. The lowest BCUT2D eigenvalue weighted by Crippen LogP contribution is -2.04. The van der Waals surface area contributed by atoms with Gasteiger partial charge in [-0.1, -0.05) is 0 Å². The lowest BCUT2D eigenvalue weighted by atomic mass is 10.2. The fourth-order valence-electron chi connectivity index (χ4n) is 1.05. The Kier molecular flexibility index (Phi) is 4.77. The van der Waals surface area contributed by atoms with Crippen molar-refractivity contribution in [3.8, 4) is 0 Å². The van der Waals surface area contributed by atoms with E-state index in [-0.39, 0.29) is 23.6 Å². The van der Waals surface area contributed by atoms with Crippen molar-refractivity contribution in [2.45, 2.75) is 11.4 Å². The number of hydrogen-bond acceptors (Lipinski definition) is 6. The van der Waals surface area contributed by atoms with Crippen LogP contribution in [0, 0.1) is 0 Å². The van der Waals surface area contributed by atoms with Gasteiger partial charge < -0.3 is 15.6 Å². The molecule has 0 aliphatic rings. The molecule has 1 aromatic heterocycles. The van der Waals surface area contributed by atoms with Gasteiger partial charge >= 0.3 is 11.9 Å². The number of carbonyl (C=O) groups excluding carboxylic acids is 1. The quantitative estimate of drug-likeness (QED) is 0.598. The summed E-state index contributed by atoms with van der Waals surface area (Å²) in [4.78, 5) is 25.6. The van der Waals surface area contributed by atoms with E-state index < -0.39 is 5.97 Å². The standard InChI is InChI=1S/C10H12N2O4S/c1-16-9(13)2-3-17-8-4-6(10(14)15)7(11)5-12-8/h4-5H,2-3,11H2,1H3,(H,14,15). The first-order valence-corrected chi connectivity index (χ1v) is 5.71. The molecule has 0 aliphatic heterocycles. The van der Waals surface area contributed by atoms with E-state index in [0.717, 1.165) is 0 Å². The number of nitrogens with two attached hydrogens (primary N) is 1. The van der Waals surface area contributed by atoms with Crippen LogP contribution in [0.25, 0.3) is 0 Å². The third kappa shape index (κ3) is 3.95. The summed E-state index contributed by atoms with van der Waals surface area (Å²) in [5.74, 6) is -0.936. The van der Waals surface area contributed by atoms with Gasteiger partial charge in [0.15, 0.2) is 0 Å². The van der Waals surface area contributed by atoms with E-state index >= 15 is 0 Å². The van der Waals surface area contributed by atoms with Crippen LogP contribution >= 0.6 is 11.8 Å². The van der Waals surface area contributed by atoms with Gasteiger partial charge in [-0.3, -0.25) is 4.79 Å². The average Bonchev–Trinajstić information content (AvgIpc) is 2.30. The van der Waals surface area contributed by atoms with Gasteiger partial charge in [0, 0.05) is 5.75 Å². The molecular weight excluding hydrogens is 244 g/mol. The van der Waals surface area contributed by atoms with E-state index in [1.165, 1.54) is 31.1 Å². The summed E-state index contributed by atoms with van der Waals surface area (Å²) in [6, 6.07) is 1.39. The van der Waals surface area contributed by atoms with Gasteiger partial charge in [0.1, 0.15) is 0 Å². The van der Waals surface area contributed by atoms with Crippen LogP contribution in [0.1, 0.15) is 16.8 Å². The molecule has 92 valence electrons. The Morgan fingerprint density at radius 3 is 2.88 bits per heavy atom. The number of aromatic carboxylic acids is 1. The van der Waals surface area contributed by atoms with Crippen molar-refractivity contribution in [1.29, 1.82) is 0 Å². The summed E-state index contributed by atoms with van der Waals surface area (Å²) >= 11 is 1.27. The molecule has 0 unspecified atom stereocenters. The molecule has 0 spiro atoms. The largest absolute Gasteiger partial charge is 0.478 e. The number of nitrogen functional groups attached to an aromatic ring is 1. The van der Waals surface area contributed by atoms with Gasteiger partial charge in [-0.15, -0.1) is 11.8 Å². The lowest BCUT2D eigenvalue weighted by molar-refractivity contribution is -0.140. The first kappa shape index (κ1) is 13.3. The Morgan fingerprint density at radius 1 is 1.59 bits per heavy atom. The zero-order valence-corrected chi connectivity index (χ0v) is 9.99. The van der Waals surface area contributed by atoms with Crippen LogP contribution in [0.2, 0.25) is 0 Å². The second kappa shape index (κ2) is 6.09. The van der Waals surface area contributed by atoms with E-state index in [2.05, 4.69) is 9.72 Å². The molecule has 17 heavy (non-hydrogen) atoms. The van der Waals surface area contributed by atoms with Crippen molar-refractivity contribution < 1.29 is 19.4 Å². The predicted octanol–water partition coefficient (Wildman–Crippen LogP) is 1.02. The van der Waals surface area contributed by atoms with Crippen molar-refractivity contribution >= 4 is 29.4 Å². The van der Waals surface area contributed by atoms with Gasteiger partial charge in [-0.2, -0.15) is 0 Å². The Labute approximate surface area is 102 Å². The minimum Gasteiger partial charge on any atom is -0.478 e. The van der Waals surface area contributed by atoms with Crippen LogP contribution in [-0.4, -0.2) is 34.9 Å². The highest BCUT2D eigenvalue weighted by Gasteiger charge is 2.10. The summed E-state index contributed by atoms with van der Waals surface area (Å²) < 4.78 is 4.48. The monoisotopic (exact) mass is 256 g/mol. The molecule has 1 heterocycles. The number of thioether (sulfide) groups is 1. The van der Waals surface area contributed by atoms with Crippen molar-refractivity contribution in [1.82, 2.24) is 4.98 Å². The SMILES string of the molecule is COC(=O)CCSc1cc(C(=O)O)c(N)cn1. The van der Waals surface area contributed by atoms with Crippen LogP contribution in [0.5, 0.6) is 0 Å². The van der Waals surface area contributed by atoms with Gasteiger partial charge in [-0.05, 0) is 6.07 Å². The van der Waals surface area contributed by atoms with Crippen molar-refractivity contribution in [3.05, 3.63) is 17.8 Å². The van der Waals surface area contributed by atoms with Crippen LogP contribution in [0.15, 0.2) is 17.3 Å². The van der Waals surface area contributed by atoms with Gasteiger partial charge in [0.2, 0.25) is 0 Å². The molecule has 7 heteroatoms. The number of carbonyl (C=O) groups is 2. The maximum absolute atomic E-state index is 10.9. The first-order chi connectivity index (χ1) is 8.04. The number of ether oxygens (including phenoxy) is 1. The molecule has 0 saturated carbocycles. The number of esters is 1. The Bertz CT molecular complexity index is 436. The normalized spacial score (nSPS) is 9.94. The highest BCUT2D eigenvalue weighted by atomic mass is 32.2. The molecule has 3 N–H and O–H groups in total. The summed E-state index contributed by atoms with van der Waals surface area (Å²) in [7, 11) is 1.32. The highest BCUT2D eigenvalue weighted by Crippen LogP contribution is 2.20. The first-order valence-electron chi connectivity index (χ1n) is 4.73. The van der Waals surface area contributed by atoms with E-state index in [0.29, 0.717) is 10.8 Å². The van der Waals surface area contributed by atoms with Crippen molar-refractivity contribution in [3.63, 3.8) is 0 Å². The molecule has 6 nitrogen and oxygen atoms in total. The van der Waals surface area contributed by atoms with Crippen molar-refractivity contribution in [2.75, 3.05) is 18.6 Å². The van der Waals surface area contributed by atoms with Gasteiger partial charge in [0.25, 0.3) is 0 Å². The summed E-state index contributed by atoms with van der Waals surface area (Å²) in [6.45, 7) is 0. The molecular formula is C10H12N2O4S. The topological polar surface area (TPSA) is 103 Å². The third-order valence-corrected chi connectivity index (χ3v) is 2.85. The fraction of sp³-hybridized carbons (Fsp3) is 0.300. The summed E-state index contributed by atoms with van der Waals surface area (Å²) in [6.07, 6.45) is 1.54.